The molecule has 1 heterocycles. The summed E-state index contributed by atoms with van der Waals surface area (Å²) >= 11 is 0. The maximum atomic E-state index is 14.2. The quantitative estimate of drug-likeness (QED) is 0.492. The molecule has 1 amide bonds. The fourth-order valence-corrected chi connectivity index (χ4v) is 2.41. The number of amides is 1. The highest BCUT2D eigenvalue weighted by Crippen LogP contribution is 2.24. The van der Waals surface area contributed by atoms with Gasteiger partial charge in [0.25, 0.3) is 0 Å². The van der Waals surface area contributed by atoms with Gasteiger partial charge in [0, 0.05) is 23.5 Å². The number of carbonyl (C=O) groups excluding carboxylic acids is 2. The number of ether oxygens (including phenoxy) is 1. The average molecular weight is 376 g/mol. The summed E-state index contributed by atoms with van der Waals surface area (Å²) in [5.41, 5.74) is 1.52. The Labute approximate surface area is 161 Å². The maximum Gasteiger partial charge on any atom is 0.248 e. The van der Waals surface area contributed by atoms with Gasteiger partial charge in [0.1, 0.15) is 5.75 Å². The van der Waals surface area contributed by atoms with Crippen LogP contribution in [0.15, 0.2) is 73.1 Å². The van der Waals surface area contributed by atoms with Gasteiger partial charge >= 0.3 is 0 Å². The molecule has 0 aliphatic carbocycles. The van der Waals surface area contributed by atoms with Crippen molar-refractivity contribution in [1.82, 2.24) is 4.98 Å². The van der Waals surface area contributed by atoms with Crippen molar-refractivity contribution in [2.24, 2.45) is 0 Å². The molecular weight excluding hydrogens is 359 g/mol. The average Bonchev–Trinajstić information content (AvgIpc) is 2.69. The molecule has 0 aliphatic rings. The van der Waals surface area contributed by atoms with Crippen LogP contribution in [-0.2, 0) is 4.79 Å². The predicted molar refractivity (Wildman–Crippen MR) is 105 cm³/mol. The lowest BCUT2D eigenvalue weighted by atomic mass is 10.1. The number of aromatic nitrogens is 1. The van der Waals surface area contributed by atoms with Crippen LogP contribution in [-0.4, -0.2) is 16.7 Å². The summed E-state index contributed by atoms with van der Waals surface area (Å²) in [5.74, 6) is -0.541. The number of Topliss-reactive ketones (excluding diaryl/α,β-unsaturated/α-hetero) is 1. The van der Waals surface area contributed by atoms with Gasteiger partial charge in [-0.2, -0.15) is 0 Å². The number of pyridine rings is 1. The summed E-state index contributed by atoms with van der Waals surface area (Å²) in [5, 5.41) is 2.66. The topological polar surface area (TPSA) is 68.3 Å². The van der Waals surface area contributed by atoms with Gasteiger partial charge in [-0.3, -0.25) is 14.6 Å². The van der Waals surface area contributed by atoms with E-state index in [2.05, 4.69) is 10.3 Å². The number of halogens is 1. The minimum absolute atomic E-state index is 0.0654. The van der Waals surface area contributed by atoms with E-state index in [1.54, 1.807) is 48.7 Å². The minimum Gasteiger partial charge on any atom is -0.453 e. The van der Waals surface area contributed by atoms with Gasteiger partial charge in [-0.25, -0.2) is 4.39 Å². The van der Waals surface area contributed by atoms with Crippen LogP contribution in [0.3, 0.4) is 0 Å². The van der Waals surface area contributed by atoms with Crippen molar-refractivity contribution in [3.05, 3.63) is 90.0 Å². The van der Waals surface area contributed by atoms with Crippen LogP contribution in [0.25, 0.3) is 6.08 Å². The number of carbonyl (C=O) groups is 2. The molecule has 0 atom stereocenters. The molecule has 0 aliphatic heterocycles. The number of rotatable bonds is 6. The molecular formula is C22H17FN2O3. The second-order valence-corrected chi connectivity index (χ2v) is 5.94. The number of anilines is 1. The number of hydrogen-bond acceptors (Lipinski definition) is 4. The minimum atomic E-state index is -0.555. The SMILES string of the molecule is CC(=O)c1cccc(NC(=O)/C=C/c2ccc(Oc3cccnc3)c(F)c2)c1. The lowest BCUT2D eigenvalue weighted by Gasteiger charge is -2.06. The summed E-state index contributed by atoms with van der Waals surface area (Å²) < 4.78 is 19.6. The zero-order chi connectivity index (χ0) is 19.9. The molecule has 0 bridgehead atoms. The number of ketones is 1. The number of nitrogens with one attached hydrogen (secondary N) is 1. The molecule has 1 N–H and O–H groups in total. The highest BCUT2D eigenvalue weighted by Gasteiger charge is 2.06. The van der Waals surface area contributed by atoms with Crippen LogP contribution in [0.2, 0.25) is 0 Å². The molecule has 0 saturated heterocycles. The van der Waals surface area contributed by atoms with E-state index in [0.29, 0.717) is 22.6 Å². The Morgan fingerprint density at radius 1 is 1.11 bits per heavy atom. The Kier molecular flexibility index (Phi) is 5.91. The largest absolute Gasteiger partial charge is 0.453 e. The molecule has 0 radical (unpaired) electrons. The molecule has 1 aromatic heterocycles. The lowest BCUT2D eigenvalue weighted by molar-refractivity contribution is -0.111. The Morgan fingerprint density at radius 2 is 1.96 bits per heavy atom. The Hall–Kier alpha value is -3.80. The fraction of sp³-hybridized carbons (Fsp3) is 0.0455. The first kappa shape index (κ1) is 19.0. The molecule has 0 saturated carbocycles. The van der Waals surface area contributed by atoms with Gasteiger partial charge in [-0.15, -0.1) is 0 Å². The third-order valence-corrected chi connectivity index (χ3v) is 3.78. The second kappa shape index (κ2) is 8.73. The molecule has 3 rings (SSSR count). The van der Waals surface area contributed by atoms with Crippen LogP contribution in [0.5, 0.6) is 11.5 Å². The summed E-state index contributed by atoms with van der Waals surface area (Å²) in [6, 6.07) is 14.4. The second-order valence-electron chi connectivity index (χ2n) is 5.94. The zero-order valence-corrected chi connectivity index (χ0v) is 15.1. The van der Waals surface area contributed by atoms with E-state index < -0.39 is 11.7 Å². The van der Waals surface area contributed by atoms with Gasteiger partial charge in [0.15, 0.2) is 17.3 Å². The van der Waals surface area contributed by atoms with Crippen LogP contribution in [0.1, 0.15) is 22.8 Å². The van der Waals surface area contributed by atoms with E-state index in [-0.39, 0.29) is 11.5 Å². The zero-order valence-electron chi connectivity index (χ0n) is 15.1. The number of nitrogens with zero attached hydrogens (tertiary/aromatic N) is 1. The fourth-order valence-electron chi connectivity index (χ4n) is 2.41. The molecule has 6 heteroatoms. The molecule has 0 fully saturated rings. The van der Waals surface area contributed by atoms with E-state index in [1.165, 1.54) is 37.4 Å². The van der Waals surface area contributed by atoms with Crippen LogP contribution in [0.4, 0.5) is 10.1 Å². The van der Waals surface area contributed by atoms with Gasteiger partial charge in [0.2, 0.25) is 5.91 Å². The maximum absolute atomic E-state index is 14.2. The summed E-state index contributed by atoms with van der Waals surface area (Å²) in [6.07, 6.45) is 5.86. The van der Waals surface area contributed by atoms with Gasteiger partial charge in [0.05, 0.1) is 6.20 Å². The van der Waals surface area contributed by atoms with Crippen molar-refractivity contribution in [2.45, 2.75) is 6.92 Å². The van der Waals surface area contributed by atoms with Gasteiger partial charge in [-0.05, 0) is 55.0 Å². The van der Waals surface area contributed by atoms with Crippen molar-refractivity contribution < 1.29 is 18.7 Å². The van der Waals surface area contributed by atoms with Crippen LogP contribution < -0.4 is 10.1 Å². The van der Waals surface area contributed by atoms with Crippen LogP contribution >= 0.6 is 0 Å². The monoisotopic (exact) mass is 376 g/mol. The summed E-state index contributed by atoms with van der Waals surface area (Å²) in [4.78, 5) is 27.3. The Bertz CT molecular complexity index is 1030. The van der Waals surface area contributed by atoms with Crippen LogP contribution in [0, 0.1) is 5.82 Å². The van der Waals surface area contributed by atoms with E-state index >= 15 is 0 Å². The standard InChI is InChI=1S/C22H17FN2O3/c1-15(26)17-4-2-5-18(13-17)25-22(27)10-8-16-7-9-21(20(23)12-16)28-19-6-3-11-24-14-19/h2-14H,1H3,(H,25,27)/b10-8+. The number of benzene rings is 2. The Balaban J connectivity index is 1.65. The van der Waals surface area contributed by atoms with E-state index in [9.17, 15) is 14.0 Å². The third kappa shape index (κ3) is 5.11. The number of hydrogen-bond donors (Lipinski definition) is 1. The van der Waals surface area contributed by atoms with Crippen molar-refractivity contribution in [1.29, 1.82) is 0 Å². The van der Waals surface area contributed by atoms with E-state index in [0.717, 1.165) is 0 Å². The first-order valence-corrected chi connectivity index (χ1v) is 8.49. The van der Waals surface area contributed by atoms with Crippen molar-refractivity contribution in [3.8, 4) is 11.5 Å². The van der Waals surface area contributed by atoms with Crippen molar-refractivity contribution >= 4 is 23.5 Å². The molecule has 0 unspecified atom stereocenters. The van der Waals surface area contributed by atoms with Gasteiger partial charge < -0.3 is 10.1 Å². The predicted octanol–water partition coefficient (Wildman–Crippen LogP) is 4.87. The third-order valence-electron chi connectivity index (χ3n) is 3.78. The normalized spacial score (nSPS) is 10.6. The van der Waals surface area contributed by atoms with E-state index in [1.807, 2.05) is 0 Å². The lowest BCUT2D eigenvalue weighted by Crippen LogP contribution is -2.08. The molecule has 5 nitrogen and oxygen atoms in total. The highest BCUT2D eigenvalue weighted by atomic mass is 19.1. The molecule has 3 aromatic rings. The first-order chi connectivity index (χ1) is 13.5. The summed E-state index contributed by atoms with van der Waals surface area (Å²) in [7, 11) is 0. The summed E-state index contributed by atoms with van der Waals surface area (Å²) in [6.45, 7) is 1.46. The van der Waals surface area contributed by atoms with E-state index in [4.69, 9.17) is 4.74 Å². The van der Waals surface area contributed by atoms with Gasteiger partial charge in [-0.1, -0.05) is 18.2 Å². The smallest absolute Gasteiger partial charge is 0.248 e. The first-order valence-electron chi connectivity index (χ1n) is 8.49. The molecule has 140 valence electrons. The highest BCUT2D eigenvalue weighted by molar-refractivity contribution is 6.03. The molecule has 0 spiro atoms. The van der Waals surface area contributed by atoms with Crippen molar-refractivity contribution in [2.75, 3.05) is 5.32 Å². The molecule has 2 aromatic carbocycles. The van der Waals surface area contributed by atoms with Crippen molar-refractivity contribution in [3.63, 3.8) is 0 Å². The molecule has 28 heavy (non-hydrogen) atoms. The Morgan fingerprint density at radius 3 is 2.68 bits per heavy atom.